The minimum Gasteiger partial charge on any atom is -0.344 e. The molecule has 1 N–H and O–H groups in total. The van der Waals surface area contributed by atoms with Crippen LogP contribution in [0.5, 0.6) is 0 Å². The van der Waals surface area contributed by atoms with E-state index in [2.05, 4.69) is 26.2 Å². The monoisotopic (exact) mass is 270 g/mol. The van der Waals surface area contributed by atoms with E-state index in [9.17, 15) is 4.39 Å². The lowest BCUT2D eigenvalue weighted by Gasteiger charge is -2.10. The van der Waals surface area contributed by atoms with Gasteiger partial charge in [0.15, 0.2) is 0 Å². The van der Waals surface area contributed by atoms with Crippen molar-refractivity contribution in [1.29, 1.82) is 0 Å². The first kappa shape index (κ1) is 10.6. The number of amidine groups is 1. The second-order valence-electron chi connectivity index (χ2n) is 3.64. The Labute approximate surface area is 96.7 Å². The highest BCUT2D eigenvalue weighted by Crippen LogP contribution is 2.24. The average Bonchev–Trinajstić information content (AvgIpc) is 2.67. The van der Waals surface area contributed by atoms with Crippen LogP contribution in [0.2, 0.25) is 0 Å². The van der Waals surface area contributed by atoms with E-state index in [0.29, 0.717) is 4.47 Å². The molecule has 0 unspecified atom stereocenters. The van der Waals surface area contributed by atoms with Gasteiger partial charge in [-0.05, 0) is 47.0 Å². The van der Waals surface area contributed by atoms with E-state index in [-0.39, 0.29) is 5.82 Å². The van der Waals surface area contributed by atoms with Crippen LogP contribution >= 0.6 is 15.9 Å². The molecule has 4 heteroatoms. The van der Waals surface area contributed by atoms with Crippen molar-refractivity contribution in [1.82, 2.24) is 0 Å². The number of benzene rings is 1. The van der Waals surface area contributed by atoms with Gasteiger partial charge in [-0.3, -0.25) is 4.99 Å². The summed E-state index contributed by atoms with van der Waals surface area (Å²) in [7, 11) is 0. The summed E-state index contributed by atoms with van der Waals surface area (Å²) in [6.07, 6.45) is 2.08. The third-order valence-corrected chi connectivity index (χ3v) is 3.03. The predicted molar refractivity (Wildman–Crippen MR) is 64.0 cm³/mol. The lowest BCUT2D eigenvalue weighted by atomic mass is 10.2. The molecule has 1 aliphatic rings. The smallest absolute Gasteiger partial charge is 0.137 e. The number of nitrogens with zero attached hydrogens (tertiary/aromatic N) is 1. The van der Waals surface area contributed by atoms with E-state index in [1.807, 2.05) is 6.92 Å². The van der Waals surface area contributed by atoms with Crippen molar-refractivity contribution in [2.75, 3.05) is 11.9 Å². The van der Waals surface area contributed by atoms with E-state index in [1.54, 1.807) is 6.07 Å². The van der Waals surface area contributed by atoms with Gasteiger partial charge in [-0.15, -0.1) is 0 Å². The Morgan fingerprint density at radius 1 is 1.47 bits per heavy atom. The molecule has 1 aromatic carbocycles. The fraction of sp³-hybridized carbons (Fsp3) is 0.364. The molecule has 0 radical (unpaired) electrons. The minimum absolute atomic E-state index is 0.230. The molecule has 0 amide bonds. The lowest BCUT2D eigenvalue weighted by molar-refractivity contribution is 0.620. The zero-order valence-electron chi connectivity index (χ0n) is 8.48. The molecule has 2 rings (SSSR count). The zero-order valence-corrected chi connectivity index (χ0v) is 10.1. The maximum Gasteiger partial charge on any atom is 0.137 e. The first-order valence-corrected chi connectivity index (χ1v) is 5.72. The predicted octanol–water partition coefficient (Wildman–Crippen LogP) is 3.50. The van der Waals surface area contributed by atoms with E-state index < -0.39 is 0 Å². The highest BCUT2D eigenvalue weighted by atomic mass is 79.9. The summed E-state index contributed by atoms with van der Waals surface area (Å²) in [5, 5.41) is 3.23. The molecule has 0 spiro atoms. The number of aryl methyl sites for hydroxylation is 1. The van der Waals surface area contributed by atoms with Crippen LogP contribution in [0.4, 0.5) is 10.1 Å². The maximum atomic E-state index is 13.2. The number of hydrogen-bond acceptors (Lipinski definition) is 2. The summed E-state index contributed by atoms with van der Waals surface area (Å²) in [6.45, 7) is 2.77. The Bertz CT molecular complexity index is 415. The van der Waals surface area contributed by atoms with Gasteiger partial charge in [0.1, 0.15) is 11.7 Å². The highest BCUT2D eigenvalue weighted by molar-refractivity contribution is 9.10. The molecule has 0 saturated carbocycles. The van der Waals surface area contributed by atoms with Gasteiger partial charge >= 0.3 is 0 Å². The Morgan fingerprint density at radius 3 is 2.93 bits per heavy atom. The number of anilines is 1. The van der Waals surface area contributed by atoms with Crippen LogP contribution in [0.25, 0.3) is 0 Å². The van der Waals surface area contributed by atoms with Gasteiger partial charge in [0, 0.05) is 18.7 Å². The van der Waals surface area contributed by atoms with Crippen LogP contribution in [-0.4, -0.2) is 12.4 Å². The van der Waals surface area contributed by atoms with E-state index in [0.717, 1.165) is 36.5 Å². The molecule has 1 aliphatic heterocycles. The number of hydrogen-bond donors (Lipinski definition) is 1. The van der Waals surface area contributed by atoms with Gasteiger partial charge in [0.2, 0.25) is 0 Å². The summed E-state index contributed by atoms with van der Waals surface area (Å²) in [5.74, 6) is 0.767. The van der Waals surface area contributed by atoms with Gasteiger partial charge < -0.3 is 5.32 Å². The van der Waals surface area contributed by atoms with Gasteiger partial charge in [0.05, 0.1) is 4.47 Å². The molecule has 80 valence electrons. The molecule has 0 aliphatic carbocycles. The van der Waals surface area contributed by atoms with Crippen LogP contribution in [-0.2, 0) is 0 Å². The molecule has 0 saturated heterocycles. The summed E-state index contributed by atoms with van der Waals surface area (Å²) < 4.78 is 13.6. The van der Waals surface area contributed by atoms with Crippen molar-refractivity contribution >= 4 is 27.5 Å². The first-order valence-electron chi connectivity index (χ1n) is 4.93. The highest BCUT2D eigenvalue weighted by Gasteiger charge is 2.09. The number of nitrogens with one attached hydrogen (secondary N) is 1. The first-order chi connectivity index (χ1) is 7.16. The Hall–Kier alpha value is -0.900. The molecule has 0 bridgehead atoms. The largest absolute Gasteiger partial charge is 0.344 e. The third kappa shape index (κ3) is 2.37. The van der Waals surface area contributed by atoms with Crippen LogP contribution in [0, 0.1) is 12.7 Å². The Kier molecular flexibility index (Phi) is 3.05. The quantitative estimate of drug-likeness (QED) is 0.830. The second kappa shape index (κ2) is 4.31. The Morgan fingerprint density at radius 2 is 2.27 bits per heavy atom. The van der Waals surface area contributed by atoms with E-state index in [4.69, 9.17) is 0 Å². The fourth-order valence-corrected chi connectivity index (χ4v) is 1.92. The molecule has 0 aromatic heterocycles. The van der Waals surface area contributed by atoms with E-state index >= 15 is 0 Å². The molecule has 1 aromatic rings. The zero-order chi connectivity index (χ0) is 10.8. The molecule has 15 heavy (non-hydrogen) atoms. The van der Waals surface area contributed by atoms with Crippen molar-refractivity contribution in [2.24, 2.45) is 4.99 Å². The average molecular weight is 271 g/mol. The number of aliphatic imine (C=N–C) groups is 1. The molecule has 0 atom stereocenters. The SMILES string of the molecule is Cc1cc(F)c(Br)cc1NC1=NCCC1. The van der Waals surface area contributed by atoms with E-state index in [1.165, 1.54) is 6.07 Å². The standard InChI is InChI=1S/C11H12BrFN2/c1-7-5-9(13)8(12)6-10(7)15-11-3-2-4-14-11/h5-6H,2-4H2,1H3,(H,14,15). The molecule has 1 heterocycles. The summed E-state index contributed by atoms with van der Waals surface area (Å²) in [6, 6.07) is 3.27. The summed E-state index contributed by atoms with van der Waals surface area (Å²) in [5.41, 5.74) is 1.81. The minimum atomic E-state index is -0.230. The van der Waals surface area contributed by atoms with Crippen molar-refractivity contribution < 1.29 is 4.39 Å². The normalized spacial score (nSPS) is 15.3. The maximum absolute atomic E-state index is 13.2. The van der Waals surface area contributed by atoms with Gasteiger partial charge in [-0.25, -0.2) is 4.39 Å². The molecular weight excluding hydrogens is 259 g/mol. The van der Waals surface area contributed by atoms with Crippen LogP contribution in [0.15, 0.2) is 21.6 Å². The van der Waals surface area contributed by atoms with Crippen molar-refractivity contribution in [3.8, 4) is 0 Å². The van der Waals surface area contributed by atoms with Gasteiger partial charge in [0.25, 0.3) is 0 Å². The van der Waals surface area contributed by atoms with Gasteiger partial charge in [-0.1, -0.05) is 0 Å². The fourth-order valence-electron chi connectivity index (χ4n) is 1.58. The number of rotatable bonds is 1. The Balaban J connectivity index is 2.24. The number of halogens is 2. The second-order valence-corrected chi connectivity index (χ2v) is 4.49. The molecular formula is C11H12BrFN2. The lowest BCUT2D eigenvalue weighted by Crippen LogP contribution is -2.09. The molecule has 2 nitrogen and oxygen atoms in total. The van der Waals surface area contributed by atoms with Gasteiger partial charge in [-0.2, -0.15) is 0 Å². The van der Waals surface area contributed by atoms with Crippen molar-refractivity contribution in [3.05, 3.63) is 28.0 Å². The van der Waals surface area contributed by atoms with Crippen molar-refractivity contribution in [3.63, 3.8) is 0 Å². The summed E-state index contributed by atoms with van der Waals surface area (Å²) in [4.78, 5) is 4.32. The third-order valence-electron chi connectivity index (χ3n) is 2.42. The van der Waals surface area contributed by atoms with Crippen LogP contribution in [0.3, 0.4) is 0 Å². The summed E-state index contributed by atoms with van der Waals surface area (Å²) >= 11 is 3.17. The van der Waals surface area contributed by atoms with Crippen LogP contribution in [0.1, 0.15) is 18.4 Å². The topological polar surface area (TPSA) is 24.4 Å². The van der Waals surface area contributed by atoms with Crippen molar-refractivity contribution in [2.45, 2.75) is 19.8 Å². The molecule has 0 fully saturated rings. The van der Waals surface area contributed by atoms with Crippen LogP contribution < -0.4 is 5.32 Å².